The number of thioether (sulfide) groups is 2. The van der Waals surface area contributed by atoms with Crippen LogP contribution in [0, 0.1) is 0 Å². The molecule has 1 aromatic rings. The predicted octanol–water partition coefficient (Wildman–Crippen LogP) is 3.46. The van der Waals surface area contributed by atoms with Gasteiger partial charge in [-0.15, -0.1) is 11.8 Å². The van der Waals surface area contributed by atoms with Gasteiger partial charge >= 0.3 is 0 Å². The Morgan fingerprint density at radius 2 is 2.27 bits per heavy atom. The number of halogens is 1. The molecular weight excluding hydrogens is 296 g/mol. The lowest BCUT2D eigenvalue weighted by Gasteiger charge is -2.25. The SMILES string of the molecule is CC1SCCSC1C(=O)c1occc1Br. The van der Waals surface area contributed by atoms with Crippen molar-refractivity contribution in [1.82, 2.24) is 0 Å². The summed E-state index contributed by atoms with van der Waals surface area (Å²) in [5.74, 6) is 2.75. The first kappa shape index (κ1) is 11.6. The first-order valence-corrected chi connectivity index (χ1v) is 7.59. The maximum absolute atomic E-state index is 12.1. The van der Waals surface area contributed by atoms with Crippen molar-refractivity contribution in [2.24, 2.45) is 0 Å². The van der Waals surface area contributed by atoms with E-state index in [2.05, 4.69) is 22.9 Å². The van der Waals surface area contributed by atoms with Crippen molar-refractivity contribution in [3.05, 3.63) is 22.6 Å². The number of hydrogen-bond acceptors (Lipinski definition) is 4. The highest BCUT2D eigenvalue weighted by Crippen LogP contribution is 2.34. The third-order valence-corrected chi connectivity index (χ3v) is 6.00. The van der Waals surface area contributed by atoms with Gasteiger partial charge in [0.2, 0.25) is 5.78 Å². The van der Waals surface area contributed by atoms with Crippen molar-refractivity contribution in [1.29, 1.82) is 0 Å². The molecule has 2 atom stereocenters. The Labute approximate surface area is 106 Å². The van der Waals surface area contributed by atoms with Gasteiger partial charge < -0.3 is 4.42 Å². The van der Waals surface area contributed by atoms with E-state index in [0.29, 0.717) is 11.0 Å². The minimum atomic E-state index is 0.0335. The highest BCUT2D eigenvalue weighted by molar-refractivity contribution is 9.10. The number of carbonyl (C=O) groups is 1. The molecular formula is C10H11BrO2S2. The summed E-state index contributed by atoms with van der Waals surface area (Å²) < 4.78 is 5.97. The standard InChI is InChI=1S/C10H11BrO2S2/c1-6-10(15-5-4-14-6)8(12)9-7(11)2-3-13-9/h2-3,6,10H,4-5H2,1H3. The molecule has 1 saturated heterocycles. The van der Waals surface area contributed by atoms with Crippen LogP contribution in [0.3, 0.4) is 0 Å². The average Bonchev–Trinajstić information content (AvgIpc) is 2.64. The number of ketones is 1. The van der Waals surface area contributed by atoms with E-state index >= 15 is 0 Å². The summed E-state index contributed by atoms with van der Waals surface area (Å²) in [6.07, 6.45) is 1.54. The molecule has 2 heterocycles. The molecule has 1 aliphatic heterocycles. The molecule has 2 rings (SSSR count). The van der Waals surface area contributed by atoms with Crippen LogP contribution in [-0.2, 0) is 0 Å². The lowest BCUT2D eigenvalue weighted by atomic mass is 10.2. The Morgan fingerprint density at radius 3 is 2.87 bits per heavy atom. The largest absolute Gasteiger partial charge is 0.460 e. The molecule has 0 bridgehead atoms. The summed E-state index contributed by atoms with van der Waals surface area (Å²) in [6, 6.07) is 1.76. The van der Waals surface area contributed by atoms with Gasteiger partial charge in [0.25, 0.3) is 0 Å². The molecule has 2 unspecified atom stereocenters. The lowest BCUT2D eigenvalue weighted by Crippen LogP contribution is -2.31. The highest BCUT2D eigenvalue weighted by atomic mass is 79.9. The van der Waals surface area contributed by atoms with E-state index in [1.54, 1.807) is 24.1 Å². The zero-order chi connectivity index (χ0) is 10.8. The summed E-state index contributed by atoms with van der Waals surface area (Å²) in [5.41, 5.74) is 0. The summed E-state index contributed by atoms with van der Waals surface area (Å²) >= 11 is 6.92. The molecule has 15 heavy (non-hydrogen) atoms. The average molecular weight is 307 g/mol. The van der Waals surface area contributed by atoms with Gasteiger partial charge in [-0.3, -0.25) is 4.79 Å². The molecule has 0 amide bonds. The quantitative estimate of drug-likeness (QED) is 0.783. The maximum Gasteiger partial charge on any atom is 0.213 e. The van der Waals surface area contributed by atoms with Crippen molar-refractivity contribution in [2.45, 2.75) is 17.4 Å². The number of hydrogen-bond donors (Lipinski definition) is 0. The second kappa shape index (κ2) is 4.97. The van der Waals surface area contributed by atoms with Gasteiger partial charge in [-0.05, 0) is 22.0 Å². The van der Waals surface area contributed by atoms with Crippen molar-refractivity contribution in [2.75, 3.05) is 11.5 Å². The van der Waals surface area contributed by atoms with Crippen LogP contribution in [-0.4, -0.2) is 27.8 Å². The van der Waals surface area contributed by atoms with Crippen molar-refractivity contribution >= 4 is 45.2 Å². The second-order valence-corrected chi connectivity index (χ2v) is 6.92. The Hall–Kier alpha value is 0.130. The summed E-state index contributed by atoms with van der Waals surface area (Å²) in [5, 5.41) is 0.402. The molecule has 1 aliphatic rings. The van der Waals surface area contributed by atoms with Crippen LogP contribution in [0.25, 0.3) is 0 Å². The van der Waals surface area contributed by atoms with Crippen molar-refractivity contribution in [3.8, 4) is 0 Å². The zero-order valence-corrected chi connectivity index (χ0v) is 11.5. The highest BCUT2D eigenvalue weighted by Gasteiger charge is 2.32. The first-order chi connectivity index (χ1) is 7.20. The summed E-state index contributed by atoms with van der Waals surface area (Å²) in [7, 11) is 0. The normalized spacial score (nSPS) is 26.5. The Morgan fingerprint density at radius 1 is 1.53 bits per heavy atom. The van der Waals surface area contributed by atoms with E-state index in [-0.39, 0.29) is 11.0 Å². The van der Waals surface area contributed by atoms with Gasteiger partial charge in [0.05, 0.1) is 16.0 Å². The fourth-order valence-electron chi connectivity index (χ4n) is 1.52. The molecule has 2 nitrogen and oxygen atoms in total. The van der Waals surface area contributed by atoms with Crippen molar-refractivity contribution in [3.63, 3.8) is 0 Å². The summed E-state index contributed by atoms with van der Waals surface area (Å²) in [6.45, 7) is 2.11. The zero-order valence-electron chi connectivity index (χ0n) is 8.23. The van der Waals surface area contributed by atoms with Gasteiger partial charge in [-0.2, -0.15) is 11.8 Å². The van der Waals surface area contributed by atoms with E-state index in [1.807, 2.05) is 11.8 Å². The maximum atomic E-state index is 12.1. The molecule has 1 aromatic heterocycles. The number of rotatable bonds is 2. The third-order valence-electron chi connectivity index (χ3n) is 2.29. The fourth-order valence-corrected chi connectivity index (χ4v) is 4.61. The van der Waals surface area contributed by atoms with E-state index in [0.717, 1.165) is 16.0 Å². The third kappa shape index (κ3) is 2.45. The van der Waals surface area contributed by atoms with E-state index in [9.17, 15) is 4.79 Å². The molecule has 0 spiro atoms. The van der Waals surface area contributed by atoms with E-state index < -0.39 is 0 Å². The Bertz CT molecular complexity index is 364. The van der Waals surface area contributed by atoms with E-state index in [4.69, 9.17) is 4.42 Å². The van der Waals surface area contributed by atoms with Gasteiger partial charge in [0.15, 0.2) is 5.76 Å². The molecule has 0 N–H and O–H groups in total. The van der Waals surface area contributed by atoms with Crippen LogP contribution in [0.1, 0.15) is 17.5 Å². The Kier molecular flexibility index (Phi) is 3.85. The van der Waals surface area contributed by atoms with Crippen LogP contribution in [0.15, 0.2) is 21.2 Å². The molecule has 5 heteroatoms. The summed E-state index contributed by atoms with van der Waals surface area (Å²) in [4.78, 5) is 12.1. The topological polar surface area (TPSA) is 30.2 Å². The minimum Gasteiger partial charge on any atom is -0.460 e. The predicted molar refractivity (Wildman–Crippen MR) is 68.9 cm³/mol. The van der Waals surface area contributed by atoms with Crippen molar-refractivity contribution < 1.29 is 9.21 Å². The number of Topliss-reactive ketones (excluding diaryl/α,β-unsaturated/α-hetero) is 1. The van der Waals surface area contributed by atoms with Gasteiger partial charge in [0.1, 0.15) is 0 Å². The first-order valence-electron chi connectivity index (χ1n) is 4.70. The lowest BCUT2D eigenvalue weighted by molar-refractivity contribution is 0.0962. The van der Waals surface area contributed by atoms with Gasteiger partial charge in [0, 0.05) is 16.8 Å². The number of furan rings is 1. The second-order valence-electron chi connectivity index (χ2n) is 3.33. The molecule has 0 radical (unpaired) electrons. The molecule has 0 saturated carbocycles. The van der Waals surface area contributed by atoms with Gasteiger partial charge in [-0.1, -0.05) is 6.92 Å². The van der Waals surface area contributed by atoms with Crippen LogP contribution < -0.4 is 0 Å². The van der Waals surface area contributed by atoms with Crippen LogP contribution in [0.5, 0.6) is 0 Å². The smallest absolute Gasteiger partial charge is 0.213 e. The van der Waals surface area contributed by atoms with E-state index in [1.165, 1.54) is 0 Å². The monoisotopic (exact) mass is 306 g/mol. The fraction of sp³-hybridized carbons (Fsp3) is 0.500. The molecule has 1 fully saturated rings. The molecule has 82 valence electrons. The van der Waals surface area contributed by atoms with Crippen LogP contribution >= 0.6 is 39.5 Å². The number of carbonyl (C=O) groups excluding carboxylic acids is 1. The van der Waals surface area contributed by atoms with Crippen LogP contribution in [0.4, 0.5) is 0 Å². The van der Waals surface area contributed by atoms with Crippen LogP contribution in [0.2, 0.25) is 0 Å². The minimum absolute atomic E-state index is 0.0335. The van der Waals surface area contributed by atoms with Gasteiger partial charge in [-0.25, -0.2) is 0 Å². The molecule has 0 aromatic carbocycles. The Balaban J connectivity index is 2.17. The molecule has 0 aliphatic carbocycles.